The molecular formula is C18H23ClN2O3. The lowest BCUT2D eigenvalue weighted by Crippen LogP contribution is -2.49. The lowest BCUT2D eigenvalue weighted by molar-refractivity contribution is -0.136. The Bertz CT molecular complexity index is 690. The van der Waals surface area contributed by atoms with Gasteiger partial charge in [0.05, 0.1) is 7.11 Å². The highest BCUT2D eigenvalue weighted by Crippen LogP contribution is 2.27. The summed E-state index contributed by atoms with van der Waals surface area (Å²) in [6.45, 7) is 2.08. The van der Waals surface area contributed by atoms with Crippen molar-refractivity contribution < 1.29 is 14.6 Å². The third-order valence-corrected chi connectivity index (χ3v) is 3.83. The third-order valence-electron chi connectivity index (χ3n) is 3.83. The van der Waals surface area contributed by atoms with E-state index in [1.807, 2.05) is 30.3 Å². The van der Waals surface area contributed by atoms with Crippen molar-refractivity contribution in [2.45, 2.75) is 19.0 Å². The Balaban J connectivity index is 0.00000288. The Hall–Kier alpha value is -2.24. The molecule has 0 saturated carbocycles. The van der Waals surface area contributed by atoms with Crippen LogP contribution < -0.4 is 10.5 Å². The van der Waals surface area contributed by atoms with E-state index in [1.165, 1.54) is 7.11 Å². The summed E-state index contributed by atoms with van der Waals surface area (Å²) in [7, 11) is 3.19. The van der Waals surface area contributed by atoms with Crippen molar-refractivity contribution in [2.24, 2.45) is 5.73 Å². The van der Waals surface area contributed by atoms with Gasteiger partial charge in [-0.3, -0.25) is 4.79 Å². The maximum Gasteiger partial charge on any atom is 0.247 e. The molecule has 1 amide bonds. The van der Waals surface area contributed by atoms with Crippen LogP contribution in [0.5, 0.6) is 11.5 Å². The highest BCUT2D eigenvalue weighted by Gasteiger charge is 2.32. The third kappa shape index (κ3) is 4.19. The number of nitrogens with zero attached hydrogens (tertiary/aromatic N) is 1. The molecule has 0 heterocycles. The second-order valence-electron chi connectivity index (χ2n) is 5.74. The van der Waals surface area contributed by atoms with Gasteiger partial charge in [0, 0.05) is 13.6 Å². The first-order valence-electron chi connectivity index (χ1n) is 7.32. The molecule has 1 unspecified atom stereocenters. The van der Waals surface area contributed by atoms with E-state index in [1.54, 1.807) is 37.1 Å². The van der Waals surface area contributed by atoms with Crippen LogP contribution in [-0.2, 0) is 16.9 Å². The van der Waals surface area contributed by atoms with Crippen molar-refractivity contribution in [2.75, 3.05) is 14.2 Å². The monoisotopic (exact) mass is 350 g/mol. The predicted octanol–water partition coefficient (Wildman–Crippen LogP) is 2.66. The number of likely N-dealkylation sites (N-methyl/N-ethyl adjacent to an activating group) is 1. The molecule has 24 heavy (non-hydrogen) atoms. The minimum absolute atomic E-state index is 0. The molecule has 3 N–H and O–H groups in total. The van der Waals surface area contributed by atoms with Crippen LogP contribution in [0.3, 0.4) is 0 Å². The van der Waals surface area contributed by atoms with Gasteiger partial charge >= 0.3 is 0 Å². The average molecular weight is 351 g/mol. The number of hydrogen-bond donors (Lipinski definition) is 2. The number of rotatable bonds is 5. The Morgan fingerprint density at radius 2 is 1.88 bits per heavy atom. The lowest BCUT2D eigenvalue weighted by atomic mass is 9.91. The number of carbonyl (C=O) groups excluding carboxylic acids is 1. The molecule has 0 aliphatic heterocycles. The van der Waals surface area contributed by atoms with Crippen molar-refractivity contribution in [3.8, 4) is 11.5 Å². The van der Waals surface area contributed by atoms with Gasteiger partial charge in [0.15, 0.2) is 11.5 Å². The molecule has 130 valence electrons. The van der Waals surface area contributed by atoms with Crippen LogP contribution in [0.1, 0.15) is 18.1 Å². The van der Waals surface area contributed by atoms with E-state index in [-0.39, 0.29) is 24.1 Å². The number of benzene rings is 2. The fourth-order valence-electron chi connectivity index (χ4n) is 2.47. The number of methoxy groups -OCH3 is 1. The van der Waals surface area contributed by atoms with Gasteiger partial charge in [-0.15, -0.1) is 12.4 Å². The minimum Gasteiger partial charge on any atom is -0.504 e. The maximum atomic E-state index is 12.7. The summed E-state index contributed by atoms with van der Waals surface area (Å²) in [5.41, 5.74) is 6.77. The summed E-state index contributed by atoms with van der Waals surface area (Å²) in [4.78, 5) is 14.3. The Morgan fingerprint density at radius 3 is 2.46 bits per heavy atom. The summed E-state index contributed by atoms with van der Waals surface area (Å²) in [5.74, 6) is 0.260. The molecule has 6 heteroatoms. The number of carbonyl (C=O) groups is 1. The number of nitrogens with two attached hydrogens (primary N) is 1. The fourth-order valence-corrected chi connectivity index (χ4v) is 2.47. The molecule has 0 saturated heterocycles. The van der Waals surface area contributed by atoms with Gasteiger partial charge in [0.1, 0.15) is 5.54 Å². The summed E-state index contributed by atoms with van der Waals surface area (Å²) >= 11 is 0. The standard InChI is InChI=1S/C18H22N2O3.ClH/c1-18(19,14-7-5-4-6-8-14)17(22)20(2)12-13-9-10-15(21)16(11-13)23-3;/h4-11,21H,12,19H2,1-3H3;1H. The zero-order valence-electron chi connectivity index (χ0n) is 14.0. The van der Waals surface area contributed by atoms with Gasteiger partial charge in [-0.05, 0) is 30.2 Å². The van der Waals surface area contributed by atoms with Crippen LogP contribution in [0.2, 0.25) is 0 Å². The minimum atomic E-state index is -1.10. The molecule has 5 nitrogen and oxygen atoms in total. The average Bonchev–Trinajstić information content (AvgIpc) is 2.56. The second kappa shape index (κ2) is 8.04. The molecular weight excluding hydrogens is 328 g/mol. The van der Waals surface area contributed by atoms with Crippen LogP contribution in [0.15, 0.2) is 48.5 Å². The molecule has 1 atom stereocenters. The van der Waals surface area contributed by atoms with Crippen LogP contribution >= 0.6 is 12.4 Å². The zero-order chi connectivity index (χ0) is 17.0. The molecule has 0 radical (unpaired) electrons. The van der Waals surface area contributed by atoms with Crippen molar-refractivity contribution >= 4 is 18.3 Å². The van der Waals surface area contributed by atoms with E-state index in [0.29, 0.717) is 12.3 Å². The fraction of sp³-hybridized carbons (Fsp3) is 0.278. The first kappa shape index (κ1) is 19.8. The number of phenolic OH excluding ortho intramolecular Hbond substituents is 1. The van der Waals surface area contributed by atoms with Crippen LogP contribution in [0, 0.1) is 0 Å². The molecule has 2 rings (SSSR count). The van der Waals surface area contributed by atoms with Gasteiger partial charge in [-0.2, -0.15) is 0 Å². The van der Waals surface area contributed by atoms with Crippen LogP contribution in [0.4, 0.5) is 0 Å². The highest BCUT2D eigenvalue weighted by molar-refractivity contribution is 5.86. The van der Waals surface area contributed by atoms with Gasteiger partial charge in [-0.25, -0.2) is 0 Å². The molecule has 0 bridgehead atoms. The van der Waals surface area contributed by atoms with Gasteiger partial charge < -0.3 is 20.5 Å². The molecule has 0 fully saturated rings. The topological polar surface area (TPSA) is 75.8 Å². The van der Waals surface area contributed by atoms with Crippen molar-refractivity contribution in [3.63, 3.8) is 0 Å². The summed E-state index contributed by atoms with van der Waals surface area (Å²) in [5, 5.41) is 9.63. The molecule has 0 aromatic heterocycles. The number of amides is 1. The van der Waals surface area contributed by atoms with E-state index < -0.39 is 5.54 Å². The lowest BCUT2D eigenvalue weighted by Gasteiger charge is -2.29. The Morgan fingerprint density at radius 1 is 1.25 bits per heavy atom. The summed E-state index contributed by atoms with van der Waals surface area (Å²) in [6, 6.07) is 14.3. The van der Waals surface area contributed by atoms with Crippen LogP contribution in [-0.4, -0.2) is 30.1 Å². The van der Waals surface area contributed by atoms with E-state index in [0.717, 1.165) is 11.1 Å². The Labute approximate surface area is 148 Å². The predicted molar refractivity (Wildman–Crippen MR) is 96.4 cm³/mol. The van der Waals surface area contributed by atoms with E-state index in [2.05, 4.69) is 0 Å². The van der Waals surface area contributed by atoms with Gasteiger partial charge in [0.2, 0.25) is 5.91 Å². The largest absolute Gasteiger partial charge is 0.504 e. The van der Waals surface area contributed by atoms with Gasteiger partial charge in [-0.1, -0.05) is 36.4 Å². The van der Waals surface area contributed by atoms with E-state index >= 15 is 0 Å². The molecule has 0 aliphatic rings. The van der Waals surface area contributed by atoms with Crippen molar-refractivity contribution in [3.05, 3.63) is 59.7 Å². The van der Waals surface area contributed by atoms with E-state index in [9.17, 15) is 9.90 Å². The molecule has 2 aromatic carbocycles. The molecule has 0 spiro atoms. The molecule has 2 aromatic rings. The highest BCUT2D eigenvalue weighted by atomic mass is 35.5. The number of phenols is 1. The zero-order valence-corrected chi connectivity index (χ0v) is 14.8. The first-order valence-corrected chi connectivity index (χ1v) is 7.32. The quantitative estimate of drug-likeness (QED) is 0.869. The maximum absolute atomic E-state index is 12.7. The SMILES string of the molecule is COc1cc(CN(C)C(=O)C(C)(N)c2ccccc2)ccc1O.Cl. The van der Waals surface area contributed by atoms with Crippen LogP contribution in [0.25, 0.3) is 0 Å². The number of ether oxygens (including phenoxy) is 1. The normalized spacial score (nSPS) is 12.7. The number of halogens is 1. The van der Waals surface area contributed by atoms with Crippen molar-refractivity contribution in [1.82, 2.24) is 4.90 Å². The first-order chi connectivity index (χ1) is 10.9. The van der Waals surface area contributed by atoms with Crippen molar-refractivity contribution in [1.29, 1.82) is 0 Å². The van der Waals surface area contributed by atoms with Gasteiger partial charge in [0.25, 0.3) is 0 Å². The summed E-state index contributed by atoms with van der Waals surface area (Å²) < 4.78 is 5.09. The second-order valence-corrected chi connectivity index (χ2v) is 5.74. The smallest absolute Gasteiger partial charge is 0.247 e. The van der Waals surface area contributed by atoms with E-state index in [4.69, 9.17) is 10.5 Å². The Kier molecular flexibility index (Phi) is 6.63. The number of aromatic hydroxyl groups is 1. The molecule has 0 aliphatic carbocycles. The summed E-state index contributed by atoms with van der Waals surface area (Å²) in [6.07, 6.45) is 0. The number of hydrogen-bond acceptors (Lipinski definition) is 4.